The first-order valence-electron chi connectivity index (χ1n) is 5.97. The maximum atomic E-state index is 11.0. The Balaban J connectivity index is 1.92. The molecule has 1 aromatic heterocycles. The molecule has 2 aromatic rings. The second-order valence-corrected chi connectivity index (χ2v) is 4.72. The van der Waals surface area contributed by atoms with Gasteiger partial charge in [0.1, 0.15) is 13.2 Å². The largest absolute Gasteiger partial charge is 0.487 e. The Labute approximate surface area is 131 Å². The number of hydrogen-bond donors (Lipinski definition) is 1. The second kappa shape index (κ2) is 7.15. The molecule has 21 heavy (non-hydrogen) atoms. The van der Waals surface area contributed by atoms with Gasteiger partial charge < -0.3 is 14.6 Å². The standard InChI is InChI=1S/C14H11Cl2NO4/c15-9-3-1-4-10(16)13(9)21-8-7-20-11-5-2-6-17-12(11)14(18)19/h1-6H,7-8H2,(H,18,19). The number of rotatable bonds is 6. The van der Waals surface area contributed by atoms with Gasteiger partial charge in [-0.3, -0.25) is 0 Å². The lowest BCUT2D eigenvalue weighted by Gasteiger charge is -2.11. The number of nitrogens with zero attached hydrogens (tertiary/aromatic N) is 1. The van der Waals surface area contributed by atoms with Crippen molar-refractivity contribution < 1.29 is 19.4 Å². The van der Waals surface area contributed by atoms with Crippen molar-refractivity contribution in [3.63, 3.8) is 0 Å². The highest BCUT2D eigenvalue weighted by atomic mass is 35.5. The lowest BCUT2D eigenvalue weighted by atomic mass is 10.3. The fraction of sp³-hybridized carbons (Fsp3) is 0.143. The summed E-state index contributed by atoms with van der Waals surface area (Å²) in [5, 5.41) is 9.76. The summed E-state index contributed by atoms with van der Waals surface area (Å²) < 4.78 is 10.8. The van der Waals surface area contributed by atoms with E-state index in [1.165, 1.54) is 12.3 Å². The van der Waals surface area contributed by atoms with Crippen LogP contribution in [0.25, 0.3) is 0 Å². The van der Waals surface area contributed by atoms with Gasteiger partial charge in [-0.05, 0) is 24.3 Å². The normalized spacial score (nSPS) is 10.2. The fourth-order valence-electron chi connectivity index (χ4n) is 1.58. The number of aromatic nitrogens is 1. The van der Waals surface area contributed by atoms with E-state index in [2.05, 4.69) is 4.98 Å². The predicted molar refractivity (Wildman–Crippen MR) is 78.6 cm³/mol. The van der Waals surface area contributed by atoms with Gasteiger partial charge in [-0.1, -0.05) is 29.3 Å². The average Bonchev–Trinajstić information content (AvgIpc) is 2.46. The number of carbonyl (C=O) groups is 1. The summed E-state index contributed by atoms with van der Waals surface area (Å²) in [6.07, 6.45) is 1.39. The van der Waals surface area contributed by atoms with Gasteiger partial charge in [0.05, 0.1) is 10.0 Å². The third-order valence-corrected chi connectivity index (χ3v) is 3.07. The van der Waals surface area contributed by atoms with E-state index in [1.54, 1.807) is 24.3 Å². The number of carboxylic acid groups (broad SMARTS) is 1. The molecule has 0 saturated carbocycles. The summed E-state index contributed by atoms with van der Waals surface area (Å²) in [6.45, 7) is 0.297. The molecule has 0 aliphatic carbocycles. The maximum absolute atomic E-state index is 11.0. The number of ether oxygens (including phenoxy) is 2. The van der Waals surface area contributed by atoms with Crippen LogP contribution in [0.5, 0.6) is 11.5 Å². The first-order chi connectivity index (χ1) is 10.1. The van der Waals surface area contributed by atoms with Crippen LogP contribution >= 0.6 is 23.2 Å². The zero-order valence-electron chi connectivity index (χ0n) is 10.8. The van der Waals surface area contributed by atoms with Crippen molar-refractivity contribution in [2.45, 2.75) is 0 Å². The molecule has 0 aliphatic rings. The summed E-state index contributed by atoms with van der Waals surface area (Å²) in [5.41, 5.74) is -0.145. The van der Waals surface area contributed by atoms with Gasteiger partial charge in [0.2, 0.25) is 0 Å². The molecule has 1 heterocycles. The first kappa shape index (κ1) is 15.4. The summed E-state index contributed by atoms with van der Waals surface area (Å²) in [5.74, 6) is -0.603. The predicted octanol–water partition coefficient (Wildman–Crippen LogP) is 3.54. The Morgan fingerprint density at radius 1 is 1.10 bits per heavy atom. The van der Waals surface area contributed by atoms with Crippen LogP contribution in [-0.4, -0.2) is 29.3 Å². The number of pyridine rings is 1. The lowest BCUT2D eigenvalue weighted by Crippen LogP contribution is -2.12. The van der Waals surface area contributed by atoms with Crippen molar-refractivity contribution in [2.75, 3.05) is 13.2 Å². The molecule has 7 heteroatoms. The van der Waals surface area contributed by atoms with Gasteiger partial charge >= 0.3 is 5.97 Å². The molecule has 5 nitrogen and oxygen atoms in total. The SMILES string of the molecule is O=C(O)c1ncccc1OCCOc1c(Cl)cccc1Cl. The number of aromatic carboxylic acids is 1. The van der Waals surface area contributed by atoms with Crippen molar-refractivity contribution in [1.82, 2.24) is 4.98 Å². The van der Waals surface area contributed by atoms with Gasteiger partial charge in [0.15, 0.2) is 17.2 Å². The number of para-hydroxylation sites is 1. The summed E-state index contributed by atoms with van der Waals surface area (Å²) in [6, 6.07) is 8.15. The summed E-state index contributed by atoms with van der Waals surface area (Å²) in [4.78, 5) is 14.7. The molecule has 0 saturated heterocycles. The zero-order chi connectivity index (χ0) is 15.2. The van der Waals surface area contributed by atoms with Crippen molar-refractivity contribution in [1.29, 1.82) is 0 Å². The molecule has 1 aromatic carbocycles. The monoisotopic (exact) mass is 327 g/mol. The van der Waals surface area contributed by atoms with Gasteiger partial charge in [0, 0.05) is 6.20 Å². The third-order valence-electron chi connectivity index (χ3n) is 2.48. The zero-order valence-corrected chi connectivity index (χ0v) is 12.3. The van der Waals surface area contributed by atoms with Crippen molar-refractivity contribution in [2.24, 2.45) is 0 Å². The molecule has 0 fully saturated rings. The van der Waals surface area contributed by atoms with Crippen LogP contribution in [0.3, 0.4) is 0 Å². The Hall–Kier alpha value is -1.98. The molecule has 0 aliphatic heterocycles. The number of carboxylic acids is 1. The minimum atomic E-state index is -1.15. The highest BCUT2D eigenvalue weighted by Gasteiger charge is 2.12. The highest BCUT2D eigenvalue weighted by Crippen LogP contribution is 2.32. The molecule has 0 unspecified atom stereocenters. The molecule has 0 atom stereocenters. The molecule has 0 spiro atoms. The van der Waals surface area contributed by atoms with E-state index < -0.39 is 5.97 Å². The molecular formula is C14H11Cl2NO4. The topological polar surface area (TPSA) is 68.7 Å². The van der Waals surface area contributed by atoms with Crippen molar-refractivity contribution >= 4 is 29.2 Å². The van der Waals surface area contributed by atoms with Gasteiger partial charge in [0.25, 0.3) is 0 Å². The average molecular weight is 328 g/mol. The Morgan fingerprint density at radius 2 is 1.76 bits per heavy atom. The number of halogens is 2. The van der Waals surface area contributed by atoms with E-state index in [0.717, 1.165) is 0 Å². The third kappa shape index (κ3) is 4.00. The number of benzene rings is 1. The van der Waals surface area contributed by atoms with Gasteiger partial charge in [-0.15, -0.1) is 0 Å². The van der Waals surface area contributed by atoms with E-state index in [-0.39, 0.29) is 24.7 Å². The lowest BCUT2D eigenvalue weighted by molar-refractivity contribution is 0.0684. The highest BCUT2D eigenvalue weighted by molar-refractivity contribution is 6.37. The minimum Gasteiger partial charge on any atom is -0.487 e. The van der Waals surface area contributed by atoms with E-state index in [4.69, 9.17) is 37.8 Å². The van der Waals surface area contributed by atoms with Crippen LogP contribution in [0.4, 0.5) is 0 Å². The van der Waals surface area contributed by atoms with Crippen molar-refractivity contribution in [3.8, 4) is 11.5 Å². The Bertz CT molecular complexity index is 628. The maximum Gasteiger partial charge on any atom is 0.358 e. The van der Waals surface area contributed by atoms with Gasteiger partial charge in [-0.25, -0.2) is 9.78 Å². The van der Waals surface area contributed by atoms with Crippen LogP contribution < -0.4 is 9.47 Å². The first-order valence-corrected chi connectivity index (χ1v) is 6.73. The molecule has 110 valence electrons. The van der Waals surface area contributed by atoms with E-state index in [0.29, 0.717) is 15.8 Å². The summed E-state index contributed by atoms with van der Waals surface area (Å²) in [7, 11) is 0. The quantitative estimate of drug-likeness (QED) is 0.822. The van der Waals surface area contributed by atoms with Crippen LogP contribution in [0.2, 0.25) is 10.0 Å². The van der Waals surface area contributed by atoms with Crippen LogP contribution in [0.1, 0.15) is 10.5 Å². The molecule has 0 amide bonds. The number of hydrogen-bond acceptors (Lipinski definition) is 4. The second-order valence-electron chi connectivity index (χ2n) is 3.90. The van der Waals surface area contributed by atoms with Crippen LogP contribution in [0, 0.1) is 0 Å². The molecule has 1 N–H and O–H groups in total. The molecular weight excluding hydrogens is 317 g/mol. The van der Waals surface area contributed by atoms with E-state index in [1.807, 2.05) is 0 Å². The van der Waals surface area contributed by atoms with Gasteiger partial charge in [-0.2, -0.15) is 0 Å². The van der Waals surface area contributed by atoms with Crippen molar-refractivity contribution in [3.05, 3.63) is 52.3 Å². The molecule has 2 rings (SSSR count). The molecule has 0 bridgehead atoms. The Kier molecular flexibility index (Phi) is 5.25. The Morgan fingerprint density at radius 3 is 2.43 bits per heavy atom. The molecule has 0 radical (unpaired) electrons. The fourth-order valence-corrected chi connectivity index (χ4v) is 2.09. The smallest absolute Gasteiger partial charge is 0.358 e. The van der Waals surface area contributed by atoms with Crippen LogP contribution in [0.15, 0.2) is 36.5 Å². The summed E-state index contributed by atoms with van der Waals surface area (Å²) >= 11 is 11.9. The minimum absolute atomic E-state index is 0.132. The van der Waals surface area contributed by atoms with E-state index >= 15 is 0 Å². The van der Waals surface area contributed by atoms with Crippen LogP contribution in [-0.2, 0) is 0 Å². The van der Waals surface area contributed by atoms with E-state index in [9.17, 15) is 4.79 Å².